The fourth-order valence-electron chi connectivity index (χ4n) is 3.22. The van der Waals surface area contributed by atoms with Crippen molar-refractivity contribution in [1.82, 2.24) is 9.78 Å². The van der Waals surface area contributed by atoms with Gasteiger partial charge in [-0.3, -0.25) is 4.68 Å². The normalized spacial score (nSPS) is 14.0. The third-order valence-corrected chi connectivity index (χ3v) is 5.93. The van der Waals surface area contributed by atoms with Crippen LogP contribution in [0.2, 0.25) is 0 Å². The molecule has 0 atom stereocenters. The summed E-state index contributed by atoms with van der Waals surface area (Å²) in [5.74, 6) is 0. The zero-order valence-corrected chi connectivity index (χ0v) is 14.2. The second-order valence-electron chi connectivity index (χ2n) is 5.97. The van der Waals surface area contributed by atoms with Crippen molar-refractivity contribution in [3.05, 3.63) is 60.2 Å². The summed E-state index contributed by atoms with van der Waals surface area (Å²) in [6.45, 7) is 0.319. The highest BCUT2D eigenvalue weighted by Crippen LogP contribution is 2.44. The molecule has 0 fully saturated rings. The van der Waals surface area contributed by atoms with Gasteiger partial charge in [-0.05, 0) is 12.0 Å². The van der Waals surface area contributed by atoms with Gasteiger partial charge in [-0.25, -0.2) is 8.42 Å². The second-order valence-corrected chi connectivity index (χ2v) is 7.85. The van der Waals surface area contributed by atoms with Crippen molar-refractivity contribution in [3.63, 3.8) is 0 Å². The zero-order valence-electron chi connectivity index (χ0n) is 13.4. The number of halogens is 3. The first-order chi connectivity index (χ1) is 12.3. The maximum atomic E-state index is 13.4. The van der Waals surface area contributed by atoms with Crippen LogP contribution in [0.3, 0.4) is 0 Å². The van der Waals surface area contributed by atoms with Crippen LogP contribution in [0.5, 0.6) is 0 Å². The monoisotopic (exact) mass is 378 g/mol. The van der Waals surface area contributed by atoms with Crippen molar-refractivity contribution in [2.75, 3.05) is 0 Å². The first-order valence-corrected chi connectivity index (χ1v) is 9.35. The van der Waals surface area contributed by atoms with Crippen LogP contribution >= 0.6 is 0 Å². The number of fused-ring (bicyclic) bond motifs is 3. The molecule has 1 aliphatic rings. The third kappa shape index (κ3) is 2.44. The molecule has 2 aromatic carbocycles. The minimum absolute atomic E-state index is 0.00280. The van der Waals surface area contributed by atoms with Crippen molar-refractivity contribution in [2.45, 2.75) is 23.4 Å². The van der Waals surface area contributed by atoms with E-state index in [2.05, 4.69) is 5.10 Å². The minimum Gasteiger partial charge on any atom is -0.263 e. The molecule has 8 heteroatoms. The average Bonchev–Trinajstić information content (AvgIpc) is 3.02. The molecule has 3 aromatic rings. The summed E-state index contributed by atoms with van der Waals surface area (Å²) in [6, 6.07) is 14.9. The van der Waals surface area contributed by atoms with E-state index in [-0.39, 0.29) is 11.4 Å². The SMILES string of the molecule is O=S(=O)(c1c(-c2ccccc2)nn2c1-c1ccccc1CC2)C(F)(F)F. The summed E-state index contributed by atoms with van der Waals surface area (Å²) in [6.07, 6.45) is 0.574. The van der Waals surface area contributed by atoms with Crippen LogP contribution in [0.15, 0.2) is 59.5 Å². The van der Waals surface area contributed by atoms with Crippen molar-refractivity contribution in [3.8, 4) is 22.5 Å². The van der Waals surface area contributed by atoms with Gasteiger partial charge in [-0.1, -0.05) is 54.6 Å². The Balaban J connectivity index is 2.10. The van der Waals surface area contributed by atoms with Crippen LogP contribution < -0.4 is 0 Å². The summed E-state index contributed by atoms with van der Waals surface area (Å²) < 4.78 is 66.4. The van der Waals surface area contributed by atoms with Crippen LogP contribution in [0, 0.1) is 0 Å². The van der Waals surface area contributed by atoms with Crippen molar-refractivity contribution in [1.29, 1.82) is 0 Å². The Morgan fingerprint density at radius 1 is 0.962 bits per heavy atom. The molecule has 0 amide bonds. The van der Waals surface area contributed by atoms with Gasteiger partial charge in [0.2, 0.25) is 0 Å². The van der Waals surface area contributed by atoms with Gasteiger partial charge in [0.05, 0.1) is 5.69 Å². The molecule has 0 aliphatic carbocycles. The number of nitrogens with zero attached hydrogens (tertiary/aromatic N) is 2. The molecule has 1 aromatic heterocycles. The van der Waals surface area contributed by atoms with Crippen molar-refractivity contribution < 1.29 is 21.6 Å². The molecule has 0 unspecified atom stereocenters. The molecule has 0 bridgehead atoms. The van der Waals surface area contributed by atoms with Gasteiger partial charge < -0.3 is 0 Å². The maximum absolute atomic E-state index is 13.4. The molecular formula is C18H13F3N2O2S. The fraction of sp³-hybridized carbons (Fsp3) is 0.167. The van der Waals surface area contributed by atoms with Crippen LogP contribution in [0.25, 0.3) is 22.5 Å². The number of benzene rings is 2. The van der Waals surface area contributed by atoms with Crippen LogP contribution in [0.1, 0.15) is 5.56 Å². The smallest absolute Gasteiger partial charge is 0.263 e. The first kappa shape index (κ1) is 16.8. The van der Waals surface area contributed by atoms with E-state index < -0.39 is 20.2 Å². The lowest BCUT2D eigenvalue weighted by atomic mass is 9.98. The third-order valence-electron chi connectivity index (χ3n) is 4.40. The molecule has 134 valence electrons. The predicted octanol–water partition coefficient (Wildman–Crippen LogP) is 4.07. The van der Waals surface area contributed by atoms with Gasteiger partial charge in [-0.2, -0.15) is 18.3 Å². The Bertz CT molecular complexity index is 1090. The Morgan fingerprint density at radius 3 is 2.31 bits per heavy atom. The molecule has 0 spiro atoms. The average molecular weight is 378 g/mol. The second kappa shape index (κ2) is 5.70. The van der Waals surface area contributed by atoms with E-state index in [0.717, 1.165) is 5.56 Å². The lowest BCUT2D eigenvalue weighted by Crippen LogP contribution is -2.24. The summed E-state index contributed by atoms with van der Waals surface area (Å²) in [5, 5.41) is 4.24. The molecule has 2 heterocycles. The van der Waals surface area contributed by atoms with Crippen LogP contribution in [-0.4, -0.2) is 23.7 Å². The summed E-state index contributed by atoms with van der Waals surface area (Å²) in [7, 11) is -5.58. The zero-order chi connectivity index (χ0) is 18.5. The Hall–Kier alpha value is -2.61. The Morgan fingerprint density at radius 2 is 1.62 bits per heavy atom. The Kier molecular flexibility index (Phi) is 3.69. The van der Waals surface area contributed by atoms with Gasteiger partial charge >= 0.3 is 5.51 Å². The number of aromatic nitrogens is 2. The molecule has 1 aliphatic heterocycles. The molecule has 0 saturated heterocycles. The summed E-state index contributed by atoms with van der Waals surface area (Å²) in [5.41, 5.74) is -3.98. The molecule has 0 saturated carbocycles. The number of sulfone groups is 1. The molecule has 4 rings (SSSR count). The number of aryl methyl sites for hydroxylation is 2. The number of hydrogen-bond acceptors (Lipinski definition) is 3. The van der Waals surface area contributed by atoms with E-state index in [4.69, 9.17) is 0 Å². The molecule has 4 nitrogen and oxygen atoms in total. The van der Waals surface area contributed by atoms with Gasteiger partial charge in [0, 0.05) is 17.7 Å². The van der Waals surface area contributed by atoms with E-state index in [9.17, 15) is 21.6 Å². The largest absolute Gasteiger partial charge is 0.502 e. The highest BCUT2D eigenvalue weighted by atomic mass is 32.2. The standard InChI is InChI=1S/C18H13F3N2O2S/c19-18(20,21)26(24,25)17-15(13-7-2-1-3-8-13)22-23-11-10-12-6-4-5-9-14(12)16(17)23/h1-9H,10-11H2. The van der Waals surface area contributed by atoms with Gasteiger partial charge in [-0.15, -0.1) is 0 Å². The highest BCUT2D eigenvalue weighted by molar-refractivity contribution is 7.92. The van der Waals surface area contributed by atoms with Gasteiger partial charge in [0.15, 0.2) is 0 Å². The predicted molar refractivity (Wildman–Crippen MR) is 90.0 cm³/mol. The van der Waals surface area contributed by atoms with E-state index >= 15 is 0 Å². The highest BCUT2D eigenvalue weighted by Gasteiger charge is 2.51. The molecule has 0 radical (unpaired) electrons. The number of hydrogen-bond donors (Lipinski definition) is 0. The maximum Gasteiger partial charge on any atom is 0.502 e. The topological polar surface area (TPSA) is 52.0 Å². The Labute approximate surface area is 147 Å². The van der Waals surface area contributed by atoms with Crippen LogP contribution in [-0.2, 0) is 22.8 Å². The van der Waals surface area contributed by atoms with E-state index in [1.807, 2.05) is 0 Å². The van der Waals surface area contributed by atoms with Gasteiger partial charge in [0.1, 0.15) is 10.6 Å². The molecule has 0 N–H and O–H groups in total. The first-order valence-electron chi connectivity index (χ1n) is 7.86. The van der Waals surface area contributed by atoms with E-state index in [1.54, 1.807) is 54.6 Å². The summed E-state index contributed by atoms with van der Waals surface area (Å²) in [4.78, 5) is -0.775. The lowest BCUT2D eigenvalue weighted by molar-refractivity contribution is -0.0435. The number of alkyl halides is 3. The quantitative estimate of drug-likeness (QED) is 0.676. The van der Waals surface area contributed by atoms with Crippen molar-refractivity contribution in [2.24, 2.45) is 0 Å². The minimum atomic E-state index is -5.58. The van der Waals surface area contributed by atoms with Crippen LogP contribution in [0.4, 0.5) is 13.2 Å². The van der Waals surface area contributed by atoms with E-state index in [0.29, 0.717) is 24.1 Å². The van der Waals surface area contributed by atoms with Gasteiger partial charge in [0.25, 0.3) is 9.84 Å². The van der Waals surface area contributed by atoms with Crippen molar-refractivity contribution >= 4 is 9.84 Å². The number of rotatable bonds is 2. The van der Waals surface area contributed by atoms with E-state index in [1.165, 1.54) is 4.68 Å². The molecular weight excluding hydrogens is 365 g/mol. The fourth-order valence-corrected chi connectivity index (χ4v) is 4.33. The lowest BCUT2D eigenvalue weighted by Gasteiger charge is -2.19. The molecule has 26 heavy (non-hydrogen) atoms. The summed E-state index contributed by atoms with van der Waals surface area (Å²) >= 11 is 0.